The molecule has 29 heavy (non-hydrogen) atoms. The fourth-order valence-electron chi connectivity index (χ4n) is 3.29. The van der Waals surface area contributed by atoms with E-state index in [0.29, 0.717) is 19.4 Å². The molecule has 0 aromatic heterocycles. The van der Waals surface area contributed by atoms with Crippen LogP contribution in [0.1, 0.15) is 50.9 Å². The Morgan fingerprint density at radius 1 is 1.24 bits per heavy atom. The molecule has 1 aliphatic rings. The molecule has 1 aliphatic heterocycles. The number of nitrogens with zero attached hydrogens (tertiary/aromatic N) is 4. The van der Waals surface area contributed by atoms with E-state index in [4.69, 9.17) is 10.3 Å². The number of carbonyl (C=O) groups is 4. The Bertz CT molecular complexity index is 883. The van der Waals surface area contributed by atoms with Crippen molar-refractivity contribution in [3.05, 3.63) is 40.3 Å². The summed E-state index contributed by atoms with van der Waals surface area (Å²) in [5, 5.41) is 3.52. The zero-order valence-corrected chi connectivity index (χ0v) is 16.9. The maximum Gasteiger partial charge on any atom is 0.324 e. The van der Waals surface area contributed by atoms with E-state index in [1.807, 2.05) is 0 Å². The first-order valence-electron chi connectivity index (χ1n) is 9.29. The van der Waals surface area contributed by atoms with Crippen molar-refractivity contribution in [3.63, 3.8) is 0 Å². The molecule has 0 N–H and O–H groups in total. The maximum absolute atomic E-state index is 13.1. The average Bonchev–Trinajstić information content (AvgIpc) is 3.09. The molecular formula is C20H24N4O5. The zero-order chi connectivity index (χ0) is 21.8. The summed E-state index contributed by atoms with van der Waals surface area (Å²) in [5.74, 6) is -4.27. The van der Waals surface area contributed by atoms with E-state index in [1.165, 1.54) is 17.0 Å². The molecule has 1 aromatic carbocycles. The molecule has 1 heterocycles. The minimum Gasteiger partial charge on any atom is -0.459 e. The lowest BCUT2D eigenvalue weighted by atomic mass is 9.92. The van der Waals surface area contributed by atoms with Crippen LogP contribution in [0.3, 0.4) is 0 Å². The summed E-state index contributed by atoms with van der Waals surface area (Å²) in [6.07, 6.45) is 0.881. The van der Waals surface area contributed by atoms with Crippen molar-refractivity contribution in [3.8, 4) is 0 Å². The Labute approximate surface area is 168 Å². The predicted octanol–water partition coefficient (Wildman–Crippen LogP) is 3.35. The van der Waals surface area contributed by atoms with Gasteiger partial charge in [0.2, 0.25) is 0 Å². The fraction of sp³-hybridized carbons (Fsp3) is 0.500. The van der Waals surface area contributed by atoms with Crippen molar-refractivity contribution < 1.29 is 23.9 Å². The highest BCUT2D eigenvalue weighted by Crippen LogP contribution is 2.28. The standard InChI is InChI=1S/C20H24N4O5/c1-12(25)16(19(28)29-20(2,3)4)17(26)15-10-7-11-24(15)18(27)13-8-5-6-9-14(13)22-23-21/h5-6,8-9,15-16H,7,10-11H2,1-4H3. The Hall–Kier alpha value is -3.19. The van der Waals surface area contributed by atoms with Gasteiger partial charge in [0, 0.05) is 17.0 Å². The number of rotatable bonds is 6. The monoisotopic (exact) mass is 400 g/mol. The summed E-state index contributed by atoms with van der Waals surface area (Å²) in [6.45, 7) is 6.38. The molecular weight excluding hydrogens is 376 g/mol. The van der Waals surface area contributed by atoms with Gasteiger partial charge >= 0.3 is 5.97 Å². The summed E-state index contributed by atoms with van der Waals surface area (Å²) in [6, 6.07) is 5.32. The zero-order valence-electron chi connectivity index (χ0n) is 16.9. The van der Waals surface area contributed by atoms with Crippen LogP contribution in [0.5, 0.6) is 0 Å². The van der Waals surface area contributed by atoms with E-state index >= 15 is 0 Å². The minimum atomic E-state index is -1.58. The van der Waals surface area contributed by atoms with Crippen LogP contribution in [0, 0.1) is 5.92 Å². The lowest BCUT2D eigenvalue weighted by molar-refractivity contribution is -0.164. The van der Waals surface area contributed by atoms with Gasteiger partial charge in [0.15, 0.2) is 17.5 Å². The number of Topliss-reactive ketones (excluding diaryl/α,β-unsaturated/α-hetero) is 2. The number of ether oxygens (including phenoxy) is 1. The summed E-state index contributed by atoms with van der Waals surface area (Å²) in [7, 11) is 0. The van der Waals surface area contributed by atoms with Crippen LogP contribution in [0.2, 0.25) is 0 Å². The lowest BCUT2D eigenvalue weighted by Gasteiger charge is -2.28. The number of azide groups is 1. The third kappa shape index (κ3) is 5.20. The molecule has 2 unspecified atom stereocenters. The molecule has 1 aromatic rings. The summed E-state index contributed by atoms with van der Waals surface area (Å²) < 4.78 is 5.23. The minimum absolute atomic E-state index is 0.147. The van der Waals surface area contributed by atoms with E-state index in [0.717, 1.165) is 6.92 Å². The van der Waals surface area contributed by atoms with Gasteiger partial charge in [-0.05, 0) is 52.1 Å². The Kier molecular flexibility index (Phi) is 6.76. The highest BCUT2D eigenvalue weighted by atomic mass is 16.6. The van der Waals surface area contributed by atoms with Crippen LogP contribution < -0.4 is 0 Å². The van der Waals surface area contributed by atoms with Gasteiger partial charge in [-0.2, -0.15) is 0 Å². The lowest BCUT2D eigenvalue weighted by Crippen LogP contribution is -2.47. The van der Waals surface area contributed by atoms with Gasteiger partial charge in [0.05, 0.1) is 11.7 Å². The third-order valence-corrected chi connectivity index (χ3v) is 4.46. The van der Waals surface area contributed by atoms with E-state index in [1.54, 1.807) is 32.9 Å². The first kappa shape index (κ1) is 22.1. The molecule has 9 heteroatoms. The number of esters is 1. The number of hydrogen-bond acceptors (Lipinski definition) is 6. The van der Waals surface area contributed by atoms with Gasteiger partial charge < -0.3 is 9.64 Å². The molecule has 1 fully saturated rings. The largest absolute Gasteiger partial charge is 0.459 e. The van der Waals surface area contributed by atoms with E-state index in [2.05, 4.69) is 10.0 Å². The molecule has 0 bridgehead atoms. The second-order valence-corrected chi connectivity index (χ2v) is 7.84. The number of carbonyl (C=O) groups excluding carboxylic acids is 4. The van der Waals surface area contributed by atoms with Crippen LogP contribution in [0.15, 0.2) is 29.4 Å². The van der Waals surface area contributed by atoms with Gasteiger partial charge in [-0.25, -0.2) is 0 Å². The van der Waals surface area contributed by atoms with Crippen LogP contribution in [0.25, 0.3) is 10.4 Å². The van der Waals surface area contributed by atoms with Crippen molar-refractivity contribution in [1.29, 1.82) is 0 Å². The SMILES string of the molecule is CC(=O)C(C(=O)OC(C)(C)C)C(=O)C1CCCN1C(=O)c1ccccc1N=[N+]=[N-]. The number of hydrogen-bond donors (Lipinski definition) is 0. The van der Waals surface area contributed by atoms with Gasteiger partial charge in [-0.3, -0.25) is 19.2 Å². The number of benzene rings is 1. The van der Waals surface area contributed by atoms with E-state index < -0.39 is 41.0 Å². The molecule has 0 saturated carbocycles. The first-order chi connectivity index (χ1) is 13.6. The number of ketones is 2. The van der Waals surface area contributed by atoms with Gasteiger partial charge in [-0.1, -0.05) is 23.3 Å². The highest BCUT2D eigenvalue weighted by molar-refractivity contribution is 6.19. The van der Waals surface area contributed by atoms with Gasteiger partial charge in [0.25, 0.3) is 5.91 Å². The normalized spacial score (nSPS) is 17.2. The summed E-state index contributed by atoms with van der Waals surface area (Å²) in [5.41, 5.74) is 8.15. The second kappa shape index (κ2) is 8.87. The molecule has 2 rings (SSSR count). The second-order valence-electron chi connectivity index (χ2n) is 7.84. The highest BCUT2D eigenvalue weighted by Gasteiger charge is 2.44. The molecule has 0 radical (unpaired) electrons. The van der Waals surface area contributed by atoms with Crippen molar-refractivity contribution in [2.24, 2.45) is 11.0 Å². The topological polar surface area (TPSA) is 130 Å². The summed E-state index contributed by atoms with van der Waals surface area (Å²) >= 11 is 0. The fourth-order valence-corrected chi connectivity index (χ4v) is 3.29. The van der Waals surface area contributed by atoms with Crippen LogP contribution in [-0.4, -0.2) is 46.5 Å². The van der Waals surface area contributed by atoms with Crippen LogP contribution in [-0.2, 0) is 19.1 Å². The van der Waals surface area contributed by atoms with Crippen molar-refractivity contribution >= 4 is 29.1 Å². The predicted molar refractivity (Wildman–Crippen MR) is 104 cm³/mol. The molecule has 2 atom stereocenters. The third-order valence-electron chi connectivity index (χ3n) is 4.46. The summed E-state index contributed by atoms with van der Waals surface area (Å²) in [4.78, 5) is 54.7. The van der Waals surface area contributed by atoms with E-state index in [9.17, 15) is 19.2 Å². The van der Waals surface area contributed by atoms with Gasteiger partial charge in [0.1, 0.15) is 5.60 Å². The number of likely N-dealkylation sites (tertiary alicyclic amines) is 1. The Morgan fingerprint density at radius 3 is 2.48 bits per heavy atom. The van der Waals surface area contributed by atoms with Crippen LogP contribution in [0.4, 0.5) is 5.69 Å². The maximum atomic E-state index is 13.1. The quantitative estimate of drug-likeness (QED) is 0.238. The smallest absolute Gasteiger partial charge is 0.324 e. The first-order valence-corrected chi connectivity index (χ1v) is 9.29. The molecule has 9 nitrogen and oxygen atoms in total. The Balaban J connectivity index is 2.32. The van der Waals surface area contributed by atoms with Crippen LogP contribution >= 0.6 is 0 Å². The molecule has 0 aliphatic carbocycles. The van der Waals surface area contributed by atoms with E-state index in [-0.39, 0.29) is 11.3 Å². The molecule has 1 amide bonds. The Morgan fingerprint density at radius 2 is 1.90 bits per heavy atom. The molecule has 0 spiro atoms. The van der Waals surface area contributed by atoms with Crippen molar-refractivity contribution in [1.82, 2.24) is 4.90 Å². The molecule has 1 saturated heterocycles. The van der Waals surface area contributed by atoms with Gasteiger partial charge in [-0.15, -0.1) is 0 Å². The van der Waals surface area contributed by atoms with Crippen molar-refractivity contribution in [2.75, 3.05) is 6.54 Å². The number of amides is 1. The van der Waals surface area contributed by atoms with Crippen molar-refractivity contribution in [2.45, 2.75) is 52.2 Å². The molecule has 154 valence electrons. The average molecular weight is 400 g/mol.